The average molecular weight is 380 g/mol. The van der Waals surface area contributed by atoms with Gasteiger partial charge in [-0.2, -0.15) is 5.10 Å². The van der Waals surface area contributed by atoms with Gasteiger partial charge in [0.15, 0.2) is 0 Å². The molecule has 0 unspecified atom stereocenters. The van der Waals surface area contributed by atoms with Crippen molar-refractivity contribution in [3.05, 3.63) is 58.9 Å². The predicted molar refractivity (Wildman–Crippen MR) is 112 cm³/mol. The van der Waals surface area contributed by atoms with E-state index in [0.717, 1.165) is 60.3 Å². The number of carbonyl (C=O) groups is 2. The number of aromatic nitrogens is 2. The van der Waals surface area contributed by atoms with Crippen molar-refractivity contribution in [3.8, 4) is 0 Å². The molecule has 5 heteroatoms. The molecule has 2 aromatic rings. The summed E-state index contributed by atoms with van der Waals surface area (Å²) in [6.45, 7) is 9.75. The third-order valence-corrected chi connectivity index (χ3v) is 5.49. The van der Waals surface area contributed by atoms with Gasteiger partial charge in [-0.15, -0.1) is 0 Å². The molecular formula is C23H29N3O2. The lowest BCUT2D eigenvalue weighted by molar-refractivity contribution is -0.120. The fourth-order valence-corrected chi connectivity index (χ4v) is 3.86. The Labute approximate surface area is 166 Å². The number of aryl methyl sites for hydroxylation is 1. The van der Waals surface area contributed by atoms with Gasteiger partial charge in [0.25, 0.3) is 5.91 Å². The summed E-state index contributed by atoms with van der Waals surface area (Å²) in [7, 11) is 0. The molecule has 0 saturated heterocycles. The molecule has 1 saturated carbocycles. The first kappa shape index (κ1) is 20.1. The van der Waals surface area contributed by atoms with Gasteiger partial charge in [0, 0.05) is 28.4 Å². The first-order valence-electron chi connectivity index (χ1n) is 10.0. The molecular weight excluding hydrogens is 350 g/mol. The number of rotatable bonds is 5. The van der Waals surface area contributed by atoms with E-state index in [1.165, 1.54) is 11.1 Å². The van der Waals surface area contributed by atoms with E-state index >= 15 is 0 Å². The second kappa shape index (κ2) is 8.55. The Hall–Kier alpha value is -2.69. The van der Waals surface area contributed by atoms with Crippen LogP contribution in [0.5, 0.6) is 0 Å². The van der Waals surface area contributed by atoms with Gasteiger partial charge >= 0.3 is 0 Å². The SMILES string of the molecule is C=C(C)Cc1c(C)nn(C(=O)c2ccc(NC(=O)C3CCCCC3)cc2)c1C. The number of amides is 1. The molecule has 1 aromatic carbocycles. The molecule has 28 heavy (non-hydrogen) atoms. The van der Waals surface area contributed by atoms with E-state index in [9.17, 15) is 9.59 Å². The maximum Gasteiger partial charge on any atom is 0.278 e. The summed E-state index contributed by atoms with van der Waals surface area (Å²) in [5.74, 6) is 0.0250. The van der Waals surface area contributed by atoms with E-state index in [2.05, 4.69) is 17.0 Å². The number of nitrogens with zero attached hydrogens (tertiary/aromatic N) is 2. The molecule has 1 aliphatic carbocycles. The number of hydrogen-bond acceptors (Lipinski definition) is 3. The fourth-order valence-electron chi connectivity index (χ4n) is 3.86. The van der Waals surface area contributed by atoms with Gasteiger partial charge < -0.3 is 5.32 Å². The highest BCUT2D eigenvalue weighted by Gasteiger charge is 2.21. The van der Waals surface area contributed by atoms with Crippen molar-refractivity contribution < 1.29 is 9.59 Å². The largest absolute Gasteiger partial charge is 0.326 e. The highest BCUT2D eigenvalue weighted by atomic mass is 16.2. The molecule has 148 valence electrons. The topological polar surface area (TPSA) is 64.0 Å². The van der Waals surface area contributed by atoms with Crippen LogP contribution in [0.2, 0.25) is 0 Å². The van der Waals surface area contributed by atoms with Gasteiger partial charge in [-0.05, 0) is 64.3 Å². The van der Waals surface area contributed by atoms with Gasteiger partial charge in [-0.25, -0.2) is 4.68 Å². The van der Waals surface area contributed by atoms with Gasteiger partial charge in [0.2, 0.25) is 5.91 Å². The van der Waals surface area contributed by atoms with E-state index < -0.39 is 0 Å². The van der Waals surface area contributed by atoms with Crippen molar-refractivity contribution in [2.24, 2.45) is 5.92 Å². The summed E-state index contributed by atoms with van der Waals surface area (Å²) in [5.41, 5.74) is 5.06. The van der Waals surface area contributed by atoms with Crippen LogP contribution in [0.4, 0.5) is 5.69 Å². The Morgan fingerprint density at radius 2 is 1.79 bits per heavy atom. The second-order valence-corrected chi connectivity index (χ2v) is 7.90. The molecule has 3 rings (SSSR count). The molecule has 5 nitrogen and oxygen atoms in total. The molecule has 1 aliphatic rings. The van der Waals surface area contributed by atoms with Crippen molar-refractivity contribution in [1.29, 1.82) is 0 Å². The first-order chi connectivity index (χ1) is 13.4. The summed E-state index contributed by atoms with van der Waals surface area (Å²) in [6, 6.07) is 7.06. The average Bonchev–Trinajstić information content (AvgIpc) is 2.96. The molecule has 0 bridgehead atoms. The Bertz CT molecular complexity index is 887. The number of hydrogen-bond donors (Lipinski definition) is 1. The minimum absolute atomic E-state index is 0.0850. The standard InChI is InChI=1S/C23H29N3O2/c1-15(2)14-21-16(3)25-26(17(21)4)23(28)19-10-12-20(13-11-19)24-22(27)18-8-6-5-7-9-18/h10-13,18H,1,5-9,14H2,2-4H3,(H,24,27). The number of benzene rings is 1. The molecule has 1 amide bonds. The smallest absolute Gasteiger partial charge is 0.278 e. The Kier molecular flexibility index (Phi) is 6.12. The lowest BCUT2D eigenvalue weighted by Crippen LogP contribution is -2.24. The van der Waals surface area contributed by atoms with E-state index in [1.54, 1.807) is 24.3 Å². The lowest BCUT2D eigenvalue weighted by Gasteiger charge is -2.20. The molecule has 0 radical (unpaired) electrons. The summed E-state index contributed by atoms with van der Waals surface area (Å²) < 4.78 is 1.46. The highest BCUT2D eigenvalue weighted by Crippen LogP contribution is 2.25. The number of carbonyl (C=O) groups excluding carboxylic acids is 2. The molecule has 0 aliphatic heterocycles. The molecule has 0 spiro atoms. The normalized spacial score (nSPS) is 14.7. The highest BCUT2D eigenvalue weighted by molar-refractivity contribution is 5.97. The van der Waals surface area contributed by atoms with Crippen LogP contribution in [-0.2, 0) is 11.2 Å². The van der Waals surface area contributed by atoms with Crippen molar-refractivity contribution in [3.63, 3.8) is 0 Å². The zero-order valence-corrected chi connectivity index (χ0v) is 17.0. The summed E-state index contributed by atoms with van der Waals surface area (Å²) in [6.07, 6.45) is 6.13. The zero-order valence-electron chi connectivity index (χ0n) is 17.0. The van der Waals surface area contributed by atoms with E-state index in [-0.39, 0.29) is 17.7 Å². The molecule has 0 atom stereocenters. The Morgan fingerprint density at radius 1 is 1.14 bits per heavy atom. The van der Waals surface area contributed by atoms with Gasteiger partial charge in [-0.3, -0.25) is 9.59 Å². The maximum atomic E-state index is 12.9. The van der Waals surface area contributed by atoms with E-state index in [0.29, 0.717) is 5.56 Å². The van der Waals surface area contributed by atoms with Gasteiger partial charge in [0.1, 0.15) is 0 Å². The molecule has 1 heterocycles. The van der Waals surface area contributed by atoms with Gasteiger partial charge in [-0.1, -0.05) is 31.4 Å². The van der Waals surface area contributed by atoms with Crippen molar-refractivity contribution in [2.45, 2.75) is 59.3 Å². The molecule has 1 aromatic heterocycles. The minimum atomic E-state index is -0.168. The van der Waals surface area contributed by atoms with Crippen LogP contribution in [0.15, 0.2) is 36.4 Å². The van der Waals surface area contributed by atoms with Crippen LogP contribution in [0.3, 0.4) is 0 Å². The Balaban J connectivity index is 1.72. The van der Waals surface area contributed by atoms with E-state index in [4.69, 9.17) is 0 Å². The summed E-state index contributed by atoms with van der Waals surface area (Å²) >= 11 is 0. The maximum absolute atomic E-state index is 12.9. The minimum Gasteiger partial charge on any atom is -0.326 e. The fraction of sp³-hybridized carbons (Fsp3) is 0.435. The van der Waals surface area contributed by atoms with Crippen LogP contribution < -0.4 is 5.32 Å². The van der Waals surface area contributed by atoms with Crippen LogP contribution in [-0.4, -0.2) is 21.6 Å². The summed E-state index contributed by atoms with van der Waals surface area (Å²) in [4.78, 5) is 25.3. The van der Waals surface area contributed by atoms with Crippen LogP contribution in [0.25, 0.3) is 0 Å². The van der Waals surface area contributed by atoms with Crippen LogP contribution >= 0.6 is 0 Å². The second-order valence-electron chi connectivity index (χ2n) is 7.90. The van der Waals surface area contributed by atoms with Crippen LogP contribution in [0.1, 0.15) is 66.3 Å². The van der Waals surface area contributed by atoms with Gasteiger partial charge in [0.05, 0.1) is 5.69 Å². The zero-order chi connectivity index (χ0) is 20.3. The summed E-state index contributed by atoms with van der Waals surface area (Å²) in [5, 5.41) is 7.41. The van der Waals surface area contributed by atoms with Crippen molar-refractivity contribution in [1.82, 2.24) is 9.78 Å². The quantitative estimate of drug-likeness (QED) is 0.757. The Morgan fingerprint density at radius 3 is 2.39 bits per heavy atom. The predicted octanol–water partition coefficient (Wildman–Crippen LogP) is 4.83. The third kappa shape index (κ3) is 4.41. The van der Waals surface area contributed by atoms with Crippen molar-refractivity contribution in [2.75, 3.05) is 5.32 Å². The van der Waals surface area contributed by atoms with Crippen LogP contribution in [0, 0.1) is 19.8 Å². The lowest BCUT2D eigenvalue weighted by atomic mass is 9.88. The number of allylic oxidation sites excluding steroid dienone is 1. The van der Waals surface area contributed by atoms with Crippen molar-refractivity contribution >= 4 is 17.5 Å². The first-order valence-corrected chi connectivity index (χ1v) is 10.0. The monoisotopic (exact) mass is 379 g/mol. The molecule has 1 fully saturated rings. The molecule has 1 N–H and O–H groups in total. The number of anilines is 1. The van der Waals surface area contributed by atoms with E-state index in [1.807, 2.05) is 20.8 Å². The number of nitrogens with one attached hydrogen (secondary N) is 1. The third-order valence-electron chi connectivity index (χ3n) is 5.49.